The zero-order chi connectivity index (χ0) is 12.8. The molecule has 4 nitrogen and oxygen atoms in total. The van der Waals surface area contributed by atoms with Crippen molar-refractivity contribution in [3.05, 3.63) is 23.3 Å². The van der Waals surface area contributed by atoms with Gasteiger partial charge >= 0.3 is 0 Å². The zero-order valence-electron chi connectivity index (χ0n) is 10.4. The molecule has 0 bridgehead atoms. The van der Waals surface area contributed by atoms with Crippen molar-refractivity contribution < 1.29 is 9.47 Å². The molecule has 0 aromatic heterocycles. The van der Waals surface area contributed by atoms with Crippen molar-refractivity contribution in [2.24, 2.45) is 11.1 Å². The quantitative estimate of drug-likeness (QED) is 0.867. The molecule has 1 aromatic carbocycles. The summed E-state index contributed by atoms with van der Waals surface area (Å²) in [4.78, 5) is 0. The van der Waals surface area contributed by atoms with Gasteiger partial charge in [-0.05, 0) is 43.0 Å². The van der Waals surface area contributed by atoms with Crippen LogP contribution in [0.1, 0.15) is 36.4 Å². The van der Waals surface area contributed by atoms with Crippen LogP contribution in [0.25, 0.3) is 0 Å². The summed E-state index contributed by atoms with van der Waals surface area (Å²) in [5.74, 6) is 1.50. The van der Waals surface area contributed by atoms with Gasteiger partial charge in [-0.2, -0.15) is 5.26 Å². The lowest BCUT2D eigenvalue weighted by Gasteiger charge is -2.40. The van der Waals surface area contributed by atoms with E-state index < -0.39 is 5.41 Å². The number of hydrogen-bond acceptors (Lipinski definition) is 4. The van der Waals surface area contributed by atoms with E-state index in [2.05, 4.69) is 6.07 Å². The SMILES string of the molecule is Cc1cc2c(cc1C(N)C1(C#N)CCC1)OCO2. The van der Waals surface area contributed by atoms with E-state index in [1.54, 1.807) is 0 Å². The lowest BCUT2D eigenvalue weighted by molar-refractivity contribution is 0.167. The smallest absolute Gasteiger partial charge is 0.231 e. The second-order valence-corrected chi connectivity index (χ2v) is 5.16. The minimum atomic E-state index is -0.390. The van der Waals surface area contributed by atoms with E-state index in [0.717, 1.165) is 41.9 Å². The maximum atomic E-state index is 9.37. The van der Waals surface area contributed by atoms with E-state index in [1.165, 1.54) is 0 Å². The second-order valence-electron chi connectivity index (χ2n) is 5.16. The van der Waals surface area contributed by atoms with Crippen LogP contribution in [0.15, 0.2) is 12.1 Å². The third-order valence-electron chi connectivity index (χ3n) is 4.16. The van der Waals surface area contributed by atoms with Crippen molar-refractivity contribution in [3.8, 4) is 17.6 Å². The standard InChI is InChI=1S/C14H16N2O2/c1-9-5-11-12(18-8-17-11)6-10(9)13(16)14(7-15)3-2-4-14/h5-6,13H,2-4,8,16H2,1H3. The van der Waals surface area contributed by atoms with Gasteiger partial charge in [0.1, 0.15) is 0 Å². The number of nitrogens with zero attached hydrogens (tertiary/aromatic N) is 1. The van der Waals surface area contributed by atoms with Gasteiger partial charge in [-0.15, -0.1) is 0 Å². The first-order valence-electron chi connectivity index (χ1n) is 6.23. The average molecular weight is 244 g/mol. The zero-order valence-corrected chi connectivity index (χ0v) is 10.4. The molecule has 0 radical (unpaired) electrons. The summed E-state index contributed by atoms with van der Waals surface area (Å²) in [5, 5.41) is 9.37. The van der Waals surface area contributed by atoms with Gasteiger partial charge in [-0.25, -0.2) is 0 Å². The Balaban J connectivity index is 2.00. The topological polar surface area (TPSA) is 68.3 Å². The molecule has 1 aromatic rings. The normalized spacial score (nSPS) is 20.9. The molecule has 2 aliphatic rings. The number of benzene rings is 1. The van der Waals surface area contributed by atoms with Crippen LogP contribution in [-0.2, 0) is 0 Å². The fourth-order valence-corrected chi connectivity index (χ4v) is 2.74. The Morgan fingerprint density at radius 2 is 2.00 bits per heavy atom. The van der Waals surface area contributed by atoms with Gasteiger partial charge in [-0.3, -0.25) is 0 Å². The van der Waals surface area contributed by atoms with Crippen LogP contribution >= 0.6 is 0 Å². The van der Waals surface area contributed by atoms with Crippen LogP contribution < -0.4 is 15.2 Å². The van der Waals surface area contributed by atoms with Gasteiger partial charge < -0.3 is 15.2 Å². The predicted octanol–water partition coefficient (Wildman–Crippen LogP) is 2.42. The highest BCUT2D eigenvalue weighted by molar-refractivity contribution is 5.50. The maximum Gasteiger partial charge on any atom is 0.231 e. The summed E-state index contributed by atoms with van der Waals surface area (Å²) < 4.78 is 10.7. The van der Waals surface area contributed by atoms with Crippen LogP contribution in [-0.4, -0.2) is 6.79 Å². The average Bonchev–Trinajstić information content (AvgIpc) is 2.74. The van der Waals surface area contributed by atoms with Gasteiger partial charge in [0.15, 0.2) is 11.5 Å². The summed E-state index contributed by atoms with van der Waals surface area (Å²) in [6, 6.07) is 6.04. The van der Waals surface area contributed by atoms with Gasteiger partial charge in [-0.1, -0.05) is 6.42 Å². The molecule has 94 valence electrons. The number of fused-ring (bicyclic) bond motifs is 1. The Kier molecular flexibility index (Phi) is 2.46. The monoisotopic (exact) mass is 244 g/mol. The predicted molar refractivity (Wildman–Crippen MR) is 66.1 cm³/mol. The summed E-state index contributed by atoms with van der Waals surface area (Å²) in [7, 11) is 0. The fourth-order valence-electron chi connectivity index (χ4n) is 2.74. The minimum Gasteiger partial charge on any atom is -0.454 e. The molecule has 4 heteroatoms. The minimum absolute atomic E-state index is 0.245. The van der Waals surface area contributed by atoms with Crippen molar-refractivity contribution >= 4 is 0 Å². The molecular formula is C14H16N2O2. The molecule has 18 heavy (non-hydrogen) atoms. The van der Waals surface area contributed by atoms with Crippen LogP contribution in [0, 0.1) is 23.7 Å². The van der Waals surface area contributed by atoms with E-state index >= 15 is 0 Å². The molecular weight excluding hydrogens is 228 g/mol. The highest BCUT2D eigenvalue weighted by Gasteiger charge is 2.44. The Morgan fingerprint density at radius 1 is 1.33 bits per heavy atom. The number of nitrogens with two attached hydrogens (primary N) is 1. The molecule has 0 spiro atoms. The highest BCUT2D eigenvalue weighted by Crippen LogP contribution is 2.50. The molecule has 1 unspecified atom stereocenters. The Hall–Kier alpha value is -1.73. The maximum absolute atomic E-state index is 9.37. The molecule has 1 aliphatic heterocycles. The van der Waals surface area contributed by atoms with E-state index in [-0.39, 0.29) is 12.8 Å². The van der Waals surface area contributed by atoms with Gasteiger partial charge in [0, 0.05) is 6.04 Å². The molecule has 1 atom stereocenters. The van der Waals surface area contributed by atoms with Crippen molar-refractivity contribution in [2.75, 3.05) is 6.79 Å². The molecule has 0 saturated heterocycles. The highest BCUT2D eigenvalue weighted by atomic mass is 16.7. The molecule has 0 amide bonds. The number of hydrogen-bond donors (Lipinski definition) is 1. The number of ether oxygens (including phenoxy) is 2. The van der Waals surface area contributed by atoms with Crippen molar-refractivity contribution in [1.29, 1.82) is 5.26 Å². The van der Waals surface area contributed by atoms with Crippen LogP contribution in [0.2, 0.25) is 0 Å². The van der Waals surface area contributed by atoms with Crippen LogP contribution in [0.5, 0.6) is 11.5 Å². The second kappa shape index (κ2) is 3.89. The van der Waals surface area contributed by atoms with Crippen molar-refractivity contribution in [3.63, 3.8) is 0 Å². The summed E-state index contributed by atoms with van der Waals surface area (Å²) in [6.45, 7) is 2.26. The van der Waals surface area contributed by atoms with E-state index in [4.69, 9.17) is 15.2 Å². The first kappa shape index (κ1) is 11.4. The third kappa shape index (κ3) is 1.48. The molecule has 1 heterocycles. The van der Waals surface area contributed by atoms with Crippen LogP contribution in [0.3, 0.4) is 0 Å². The number of nitriles is 1. The lowest BCUT2D eigenvalue weighted by atomic mass is 9.63. The van der Waals surface area contributed by atoms with Crippen LogP contribution in [0.4, 0.5) is 0 Å². The summed E-state index contributed by atoms with van der Waals surface area (Å²) in [5.41, 5.74) is 8.00. The largest absolute Gasteiger partial charge is 0.454 e. The Bertz CT molecular complexity index is 529. The lowest BCUT2D eigenvalue weighted by Crippen LogP contribution is -2.39. The summed E-state index contributed by atoms with van der Waals surface area (Å²) >= 11 is 0. The Labute approximate surface area is 106 Å². The molecule has 2 N–H and O–H groups in total. The molecule has 1 saturated carbocycles. The third-order valence-corrected chi connectivity index (χ3v) is 4.16. The molecule has 1 aliphatic carbocycles. The molecule has 3 rings (SSSR count). The number of aryl methyl sites for hydroxylation is 1. The number of rotatable bonds is 2. The molecule has 1 fully saturated rings. The first-order valence-corrected chi connectivity index (χ1v) is 6.23. The first-order chi connectivity index (χ1) is 8.66. The van der Waals surface area contributed by atoms with Gasteiger partial charge in [0.25, 0.3) is 0 Å². The van der Waals surface area contributed by atoms with Gasteiger partial charge in [0.2, 0.25) is 6.79 Å². The van der Waals surface area contributed by atoms with E-state index in [1.807, 2.05) is 19.1 Å². The van der Waals surface area contributed by atoms with Crippen molar-refractivity contribution in [1.82, 2.24) is 0 Å². The van der Waals surface area contributed by atoms with E-state index in [0.29, 0.717) is 0 Å². The van der Waals surface area contributed by atoms with Gasteiger partial charge in [0.05, 0.1) is 11.5 Å². The summed E-state index contributed by atoms with van der Waals surface area (Å²) in [6.07, 6.45) is 2.86. The van der Waals surface area contributed by atoms with E-state index in [9.17, 15) is 5.26 Å². The fraction of sp³-hybridized carbons (Fsp3) is 0.500. The Morgan fingerprint density at radius 3 is 2.56 bits per heavy atom. The van der Waals surface area contributed by atoms with Crippen molar-refractivity contribution in [2.45, 2.75) is 32.2 Å².